The predicted molar refractivity (Wildman–Crippen MR) is 84.6 cm³/mol. The molecule has 0 saturated carbocycles. The molecule has 0 bridgehead atoms. The van der Waals surface area contributed by atoms with Crippen molar-refractivity contribution in [1.82, 2.24) is 5.32 Å². The summed E-state index contributed by atoms with van der Waals surface area (Å²) in [4.78, 5) is 12.1. The molecule has 2 aromatic rings. The Bertz CT molecular complexity index is 620. The lowest BCUT2D eigenvalue weighted by molar-refractivity contribution is 0.0950. The van der Waals surface area contributed by atoms with E-state index in [-0.39, 0.29) is 12.0 Å². The van der Waals surface area contributed by atoms with Crippen molar-refractivity contribution >= 4 is 5.91 Å². The van der Waals surface area contributed by atoms with E-state index in [9.17, 15) is 4.79 Å². The number of hydrogen-bond acceptors (Lipinski definition) is 2. The summed E-state index contributed by atoms with van der Waals surface area (Å²) < 4.78 is 5.65. The fourth-order valence-electron chi connectivity index (χ4n) is 2.07. The summed E-state index contributed by atoms with van der Waals surface area (Å²) in [6.45, 7) is 6.45. The topological polar surface area (TPSA) is 38.3 Å². The first-order chi connectivity index (χ1) is 10.0. The van der Waals surface area contributed by atoms with Crippen molar-refractivity contribution in [2.45, 2.75) is 33.4 Å². The van der Waals surface area contributed by atoms with Crippen molar-refractivity contribution in [2.24, 2.45) is 0 Å². The summed E-state index contributed by atoms with van der Waals surface area (Å²) in [5, 5.41) is 2.93. The molecule has 0 fully saturated rings. The number of hydrogen-bond donors (Lipinski definition) is 1. The lowest BCUT2D eigenvalue weighted by Gasteiger charge is -2.11. The molecule has 0 atom stereocenters. The molecule has 0 aliphatic rings. The van der Waals surface area contributed by atoms with E-state index in [0.29, 0.717) is 12.1 Å². The summed E-state index contributed by atoms with van der Waals surface area (Å²) >= 11 is 0. The van der Waals surface area contributed by atoms with Crippen LogP contribution in [0.4, 0.5) is 0 Å². The monoisotopic (exact) mass is 283 g/mol. The van der Waals surface area contributed by atoms with Crippen LogP contribution in [0.1, 0.15) is 35.3 Å². The van der Waals surface area contributed by atoms with Crippen LogP contribution in [0.25, 0.3) is 0 Å². The van der Waals surface area contributed by atoms with Gasteiger partial charge in [-0.3, -0.25) is 4.79 Å². The van der Waals surface area contributed by atoms with Crippen LogP contribution in [0.3, 0.4) is 0 Å². The Balaban J connectivity index is 1.98. The van der Waals surface area contributed by atoms with Crippen LogP contribution in [-0.2, 0) is 6.54 Å². The van der Waals surface area contributed by atoms with E-state index in [4.69, 9.17) is 4.74 Å². The number of nitrogens with one attached hydrogen (secondary N) is 1. The van der Waals surface area contributed by atoms with Crippen LogP contribution < -0.4 is 10.1 Å². The van der Waals surface area contributed by atoms with Crippen LogP contribution in [0.2, 0.25) is 0 Å². The summed E-state index contributed by atoms with van der Waals surface area (Å²) in [5.41, 5.74) is 2.79. The Morgan fingerprint density at radius 2 is 1.90 bits per heavy atom. The average molecular weight is 283 g/mol. The molecule has 0 saturated heterocycles. The van der Waals surface area contributed by atoms with Gasteiger partial charge in [-0.15, -0.1) is 0 Å². The van der Waals surface area contributed by atoms with Crippen molar-refractivity contribution in [1.29, 1.82) is 0 Å². The van der Waals surface area contributed by atoms with Gasteiger partial charge >= 0.3 is 0 Å². The Hall–Kier alpha value is -2.29. The van der Waals surface area contributed by atoms with Gasteiger partial charge in [-0.2, -0.15) is 0 Å². The van der Waals surface area contributed by atoms with Crippen LogP contribution in [0.5, 0.6) is 5.75 Å². The van der Waals surface area contributed by atoms with Gasteiger partial charge < -0.3 is 10.1 Å². The Morgan fingerprint density at radius 1 is 1.14 bits per heavy atom. The highest BCUT2D eigenvalue weighted by Crippen LogP contribution is 2.15. The minimum atomic E-state index is -0.0612. The lowest BCUT2D eigenvalue weighted by atomic mass is 10.1. The Kier molecular flexibility index (Phi) is 4.99. The van der Waals surface area contributed by atoms with E-state index in [1.165, 1.54) is 0 Å². The smallest absolute Gasteiger partial charge is 0.251 e. The van der Waals surface area contributed by atoms with Gasteiger partial charge in [0, 0.05) is 12.1 Å². The third kappa shape index (κ3) is 4.63. The van der Waals surface area contributed by atoms with Crippen molar-refractivity contribution < 1.29 is 9.53 Å². The van der Waals surface area contributed by atoms with Gasteiger partial charge in [0.05, 0.1) is 6.10 Å². The molecule has 0 spiro atoms. The number of rotatable bonds is 5. The Morgan fingerprint density at radius 3 is 2.62 bits per heavy atom. The molecule has 3 nitrogen and oxygen atoms in total. The number of carbonyl (C=O) groups excluding carboxylic acids is 1. The van der Waals surface area contributed by atoms with E-state index >= 15 is 0 Å². The molecule has 0 heterocycles. The second kappa shape index (κ2) is 6.93. The maximum Gasteiger partial charge on any atom is 0.251 e. The van der Waals surface area contributed by atoms with Crippen LogP contribution >= 0.6 is 0 Å². The molecule has 0 aliphatic carbocycles. The van der Waals surface area contributed by atoms with Crippen molar-refractivity contribution in [2.75, 3.05) is 0 Å². The summed E-state index contributed by atoms with van der Waals surface area (Å²) in [6, 6.07) is 15.4. The quantitative estimate of drug-likeness (QED) is 0.908. The highest BCUT2D eigenvalue weighted by molar-refractivity contribution is 5.94. The average Bonchev–Trinajstić information content (AvgIpc) is 2.44. The first-order valence-corrected chi connectivity index (χ1v) is 7.15. The summed E-state index contributed by atoms with van der Waals surface area (Å²) in [6.07, 6.45) is 0.141. The molecule has 3 heteroatoms. The lowest BCUT2D eigenvalue weighted by Crippen LogP contribution is -2.22. The van der Waals surface area contributed by atoms with Crippen molar-refractivity contribution in [3.8, 4) is 5.75 Å². The number of amides is 1. The highest BCUT2D eigenvalue weighted by atomic mass is 16.5. The zero-order valence-corrected chi connectivity index (χ0v) is 12.7. The van der Waals surface area contributed by atoms with E-state index in [1.807, 2.05) is 69.3 Å². The predicted octanol–water partition coefficient (Wildman–Crippen LogP) is 3.71. The van der Waals surface area contributed by atoms with E-state index in [1.54, 1.807) is 0 Å². The molecule has 2 rings (SSSR count). The first kappa shape index (κ1) is 15.1. The standard InChI is InChI=1S/C18H21NO2/c1-13(2)21-17-9-5-7-15(11-17)12-19-18(20)16-8-4-6-14(3)10-16/h4-11,13H,12H2,1-3H3,(H,19,20). The molecule has 21 heavy (non-hydrogen) atoms. The molecular weight excluding hydrogens is 262 g/mol. The number of benzene rings is 2. The zero-order valence-electron chi connectivity index (χ0n) is 12.7. The third-order valence-corrected chi connectivity index (χ3v) is 3.00. The third-order valence-electron chi connectivity index (χ3n) is 3.00. The van der Waals surface area contributed by atoms with Crippen LogP contribution in [0, 0.1) is 6.92 Å². The van der Waals surface area contributed by atoms with E-state index < -0.39 is 0 Å². The van der Waals surface area contributed by atoms with Gasteiger partial charge in [-0.1, -0.05) is 29.8 Å². The van der Waals surface area contributed by atoms with E-state index in [2.05, 4.69) is 5.32 Å². The zero-order chi connectivity index (χ0) is 15.2. The second-order valence-electron chi connectivity index (χ2n) is 5.37. The molecule has 1 amide bonds. The van der Waals surface area contributed by atoms with Crippen LogP contribution in [0.15, 0.2) is 48.5 Å². The number of aryl methyl sites for hydroxylation is 1. The minimum absolute atomic E-state index is 0.0612. The Labute approximate surface area is 126 Å². The molecule has 0 radical (unpaired) electrons. The fourth-order valence-corrected chi connectivity index (χ4v) is 2.07. The second-order valence-corrected chi connectivity index (χ2v) is 5.37. The number of carbonyl (C=O) groups is 1. The number of ether oxygens (including phenoxy) is 1. The first-order valence-electron chi connectivity index (χ1n) is 7.15. The van der Waals surface area contributed by atoms with Gasteiger partial charge in [-0.25, -0.2) is 0 Å². The van der Waals surface area contributed by atoms with Crippen molar-refractivity contribution in [3.63, 3.8) is 0 Å². The molecule has 0 unspecified atom stereocenters. The van der Waals surface area contributed by atoms with Crippen molar-refractivity contribution in [3.05, 3.63) is 65.2 Å². The maximum atomic E-state index is 12.1. The molecule has 110 valence electrons. The van der Waals surface area contributed by atoms with Gasteiger partial charge in [0.2, 0.25) is 0 Å². The molecule has 0 aliphatic heterocycles. The fraction of sp³-hybridized carbons (Fsp3) is 0.278. The molecule has 0 aromatic heterocycles. The maximum absolute atomic E-state index is 12.1. The summed E-state index contributed by atoms with van der Waals surface area (Å²) in [5.74, 6) is 0.765. The SMILES string of the molecule is Cc1cccc(C(=O)NCc2cccc(OC(C)C)c2)c1. The molecule has 2 aromatic carbocycles. The molecular formula is C18H21NO2. The van der Waals surface area contributed by atoms with E-state index in [0.717, 1.165) is 16.9 Å². The van der Waals surface area contributed by atoms with Gasteiger partial charge in [0.15, 0.2) is 0 Å². The van der Waals surface area contributed by atoms with Crippen LogP contribution in [-0.4, -0.2) is 12.0 Å². The normalized spacial score (nSPS) is 10.5. The van der Waals surface area contributed by atoms with Gasteiger partial charge in [0.25, 0.3) is 5.91 Å². The molecule has 1 N–H and O–H groups in total. The van der Waals surface area contributed by atoms with Gasteiger partial charge in [-0.05, 0) is 50.6 Å². The highest BCUT2D eigenvalue weighted by Gasteiger charge is 2.06. The summed E-state index contributed by atoms with van der Waals surface area (Å²) in [7, 11) is 0. The van der Waals surface area contributed by atoms with Gasteiger partial charge in [0.1, 0.15) is 5.75 Å². The largest absolute Gasteiger partial charge is 0.491 e. The minimum Gasteiger partial charge on any atom is -0.491 e.